The van der Waals surface area contributed by atoms with Gasteiger partial charge in [0.15, 0.2) is 5.84 Å². The van der Waals surface area contributed by atoms with Crippen molar-refractivity contribution in [3.8, 4) is 6.07 Å². The lowest BCUT2D eigenvalue weighted by Gasteiger charge is -2.37. The molecule has 1 fully saturated rings. The van der Waals surface area contributed by atoms with Crippen LogP contribution in [0, 0.1) is 23.0 Å². The molecule has 4 atom stereocenters. The first kappa shape index (κ1) is 33.9. The summed E-state index contributed by atoms with van der Waals surface area (Å²) in [6, 6.07) is 6.07. The summed E-state index contributed by atoms with van der Waals surface area (Å²) in [5, 5.41) is 19.6. The first-order valence-electron chi connectivity index (χ1n) is 12.4. The maximum Gasteiger partial charge on any atom is 0.418 e. The molecule has 0 amide bonds. The first-order valence-corrected chi connectivity index (χ1v) is 13.1. The Morgan fingerprint density at radius 3 is 2.40 bits per heavy atom. The van der Waals surface area contributed by atoms with Crippen LogP contribution in [0.4, 0.5) is 27.6 Å². The van der Waals surface area contributed by atoms with E-state index in [0.717, 1.165) is 36.5 Å². The number of aliphatic hydroxyl groups excluding tert-OH is 1. The van der Waals surface area contributed by atoms with Crippen LogP contribution in [-0.4, -0.2) is 60.6 Å². The number of ether oxygens (including phenoxy) is 2. The number of halogens is 7. The van der Waals surface area contributed by atoms with Gasteiger partial charge >= 0.3 is 6.18 Å². The molecule has 16 heteroatoms. The Morgan fingerprint density at radius 1 is 1.23 bits per heavy atom. The molecular weight excluding hydrogens is 622 g/mol. The highest BCUT2D eigenvalue weighted by atomic mass is 35.5. The minimum atomic E-state index is -4.81. The van der Waals surface area contributed by atoms with E-state index >= 15 is 0 Å². The molecule has 1 saturated heterocycles. The number of hydrogen-bond acceptors (Lipinski definition) is 7. The van der Waals surface area contributed by atoms with Crippen molar-refractivity contribution in [1.82, 2.24) is 0 Å². The maximum atomic E-state index is 14.1. The Balaban J connectivity index is 2.04. The molecule has 9 nitrogen and oxygen atoms in total. The van der Waals surface area contributed by atoms with E-state index in [2.05, 4.69) is 15.0 Å². The molecule has 0 aliphatic carbocycles. The molecule has 230 valence electrons. The Morgan fingerprint density at radius 2 is 1.88 bits per heavy atom. The number of nitrogens with two attached hydrogens (primary N) is 2. The van der Waals surface area contributed by atoms with Crippen molar-refractivity contribution in [3.63, 3.8) is 0 Å². The summed E-state index contributed by atoms with van der Waals surface area (Å²) < 4.78 is 80.6. The van der Waals surface area contributed by atoms with Crippen LogP contribution in [0.2, 0.25) is 10.0 Å². The number of benzene rings is 2. The van der Waals surface area contributed by atoms with Crippen LogP contribution in [0.15, 0.2) is 51.0 Å². The Hall–Kier alpha value is -3.61. The fraction of sp³-hybridized carbons (Fsp3) is 0.333. The topological polar surface area (TPSA) is 152 Å². The van der Waals surface area contributed by atoms with E-state index in [-0.39, 0.29) is 28.6 Å². The second-order valence-electron chi connectivity index (χ2n) is 9.27. The molecule has 0 saturated carbocycles. The number of alkyl halides is 3. The van der Waals surface area contributed by atoms with Gasteiger partial charge in [0.05, 0.1) is 36.3 Å². The van der Waals surface area contributed by atoms with Gasteiger partial charge in [0.25, 0.3) is 0 Å². The van der Waals surface area contributed by atoms with Crippen LogP contribution in [0.3, 0.4) is 0 Å². The van der Waals surface area contributed by atoms with Gasteiger partial charge in [-0.1, -0.05) is 23.2 Å². The molecule has 3 unspecified atom stereocenters. The highest BCUT2D eigenvalue weighted by molar-refractivity contribution is 6.31. The summed E-state index contributed by atoms with van der Waals surface area (Å²) in [4.78, 5) is 12.1. The van der Waals surface area contributed by atoms with Gasteiger partial charge in [0.1, 0.15) is 46.7 Å². The summed E-state index contributed by atoms with van der Waals surface area (Å²) in [7, 11) is 0. The molecule has 2 aromatic carbocycles. The van der Waals surface area contributed by atoms with Gasteiger partial charge < -0.3 is 26.0 Å². The van der Waals surface area contributed by atoms with Crippen LogP contribution >= 0.6 is 23.2 Å². The lowest BCUT2D eigenvalue weighted by Crippen LogP contribution is -2.51. The van der Waals surface area contributed by atoms with E-state index in [1.165, 1.54) is 6.92 Å². The van der Waals surface area contributed by atoms with Crippen LogP contribution < -0.4 is 11.5 Å². The molecule has 0 radical (unpaired) electrons. The van der Waals surface area contributed by atoms with Gasteiger partial charge in [-0.3, -0.25) is 4.99 Å². The fourth-order valence-electron chi connectivity index (χ4n) is 3.74. The molecule has 1 aliphatic heterocycles. The molecule has 0 bridgehead atoms. The molecule has 2 aromatic rings. The third-order valence-electron chi connectivity index (χ3n) is 5.98. The molecule has 43 heavy (non-hydrogen) atoms. The van der Waals surface area contributed by atoms with E-state index in [9.17, 15) is 32.3 Å². The number of aliphatic hydroxyl groups is 1. The number of rotatable bonds is 9. The Bertz CT molecular complexity index is 1500. The smallest absolute Gasteiger partial charge is 0.390 e. The van der Waals surface area contributed by atoms with E-state index in [0.29, 0.717) is 0 Å². The third kappa shape index (κ3) is 8.71. The number of amidine groups is 2. The minimum absolute atomic E-state index is 0.0485. The van der Waals surface area contributed by atoms with Crippen molar-refractivity contribution in [2.24, 2.45) is 26.4 Å². The molecular formula is C27H25Cl2F5N6O3. The van der Waals surface area contributed by atoms with Crippen molar-refractivity contribution in [1.29, 1.82) is 5.26 Å². The summed E-state index contributed by atoms with van der Waals surface area (Å²) in [5.41, 5.74) is 8.89. The van der Waals surface area contributed by atoms with E-state index in [1.54, 1.807) is 13.0 Å². The van der Waals surface area contributed by atoms with Crippen LogP contribution in [0.5, 0.6) is 0 Å². The number of aliphatic imine (C=N–C) groups is 3. The SMILES string of the molecule is CC(N)=NC(=Nc1cc(Cl)ccc1C(F)(F)F)C(OC1COC1C)[C@@H](O)CN=C/C(=C(\N)C#N)c1cc(F)c(Cl)c(F)c1. The second-order valence-corrected chi connectivity index (χ2v) is 10.1. The van der Waals surface area contributed by atoms with Gasteiger partial charge in [0, 0.05) is 16.8 Å². The molecule has 0 aromatic heterocycles. The molecule has 0 spiro atoms. The predicted octanol–water partition coefficient (Wildman–Crippen LogP) is 5.20. The zero-order valence-corrected chi connectivity index (χ0v) is 24.1. The quantitative estimate of drug-likeness (QED) is 0.112. The van der Waals surface area contributed by atoms with Gasteiger partial charge in [-0.2, -0.15) is 18.4 Å². The second kappa shape index (κ2) is 14.2. The molecule has 1 aliphatic rings. The molecule has 5 N–H and O–H groups in total. The van der Waals surface area contributed by atoms with Crippen molar-refractivity contribution in [3.05, 3.63) is 68.8 Å². The summed E-state index contributed by atoms with van der Waals surface area (Å²) in [6.45, 7) is 2.61. The van der Waals surface area contributed by atoms with Crippen LogP contribution in [0.1, 0.15) is 25.0 Å². The van der Waals surface area contributed by atoms with Crippen molar-refractivity contribution < 1.29 is 36.5 Å². The highest BCUT2D eigenvalue weighted by Gasteiger charge is 2.38. The Kier molecular flexibility index (Phi) is 11.2. The summed E-state index contributed by atoms with van der Waals surface area (Å²) in [5.74, 6) is -2.78. The van der Waals surface area contributed by atoms with Gasteiger partial charge in [0.2, 0.25) is 0 Å². The number of hydrogen-bond donors (Lipinski definition) is 3. The van der Waals surface area contributed by atoms with Crippen LogP contribution in [-0.2, 0) is 15.7 Å². The zero-order valence-electron chi connectivity index (χ0n) is 22.5. The fourth-order valence-corrected chi connectivity index (χ4v) is 4.02. The number of nitriles is 1. The van der Waals surface area contributed by atoms with Gasteiger partial charge in [-0.05, 0) is 49.7 Å². The third-order valence-corrected chi connectivity index (χ3v) is 6.58. The molecule has 3 rings (SSSR count). The maximum absolute atomic E-state index is 14.1. The standard InChI is InChI=1S/C27H25Cl2F5N6O3/c1-12-23(11-42-12)43-25(26(39-13(2)36)40-21-7-15(28)3-4-17(21)27(32,33)34)22(41)10-38-9-16(20(37)8-35)14-5-18(30)24(29)19(31)6-14/h3-7,9,12,22-23,25,41H,10-11,37H2,1-2H3,(H2,36,39,40)/b20-16+,38-9?/t12?,22-,23?,25?/m0/s1. The lowest BCUT2D eigenvalue weighted by atomic mass is 10.0. The summed E-state index contributed by atoms with van der Waals surface area (Å²) >= 11 is 11.5. The van der Waals surface area contributed by atoms with Crippen LogP contribution in [0.25, 0.3) is 5.57 Å². The average Bonchev–Trinajstić information content (AvgIpc) is 2.91. The zero-order chi connectivity index (χ0) is 32.1. The molecule has 1 heterocycles. The predicted molar refractivity (Wildman–Crippen MR) is 152 cm³/mol. The van der Waals surface area contributed by atoms with E-state index in [4.69, 9.17) is 44.1 Å². The highest BCUT2D eigenvalue weighted by Crippen LogP contribution is 2.38. The number of allylic oxidation sites excluding steroid dienone is 2. The normalized spacial score (nSPS) is 19.9. The van der Waals surface area contributed by atoms with Crippen molar-refractivity contribution in [2.75, 3.05) is 13.2 Å². The largest absolute Gasteiger partial charge is 0.418 e. The first-order chi connectivity index (χ1) is 20.1. The number of nitrogens with zero attached hydrogens (tertiary/aromatic N) is 4. The van der Waals surface area contributed by atoms with Crippen molar-refractivity contribution in [2.45, 2.75) is 44.4 Å². The van der Waals surface area contributed by atoms with E-state index < -0.39 is 76.6 Å². The van der Waals surface area contributed by atoms with Crippen molar-refractivity contribution >= 4 is 52.3 Å². The average molecular weight is 647 g/mol. The van der Waals surface area contributed by atoms with Gasteiger partial charge in [-0.25, -0.2) is 18.8 Å². The monoisotopic (exact) mass is 646 g/mol. The van der Waals surface area contributed by atoms with E-state index in [1.807, 2.05) is 0 Å². The lowest BCUT2D eigenvalue weighted by molar-refractivity contribution is -0.199. The van der Waals surface area contributed by atoms with Gasteiger partial charge in [-0.15, -0.1) is 0 Å². The Labute approximate surface area is 252 Å². The summed E-state index contributed by atoms with van der Waals surface area (Å²) in [6.07, 6.45) is -7.98. The minimum Gasteiger partial charge on any atom is -0.390 e.